The molecule has 0 saturated heterocycles. The van der Waals surface area contributed by atoms with Gasteiger partial charge in [-0.3, -0.25) is 4.79 Å². The Balaban J connectivity index is 1.70. The maximum absolute atomic E-state index is 12.3. The Hall–Kier alpha value is -2.54. The normalized spacial score (nSPS) is 11.0. The number of hydrogen-bond acceptors (Lipinski definition) is 5. The number of benzene rings is 1. The molecule has 0 saturated carbocycles. The Labute approximate surface area is 163 Å². The highest BCUT2D eigenvalue weighted by Crippen LogP contribution is 2.27. The SMILES string of the molecule is CCCn1c(SCC(=O)Nc2ccc(C)c(C)c2)nnc1-c1ccoc1C. The van der Waals surface area contributed by atoms with Gasteiger partial charge in [-0.15, -0.1) is 10.2 Å². The molecule has 6 nitrogen and oxygen atoms in total. The average molecular weight is 385 g/mol. The highest BCUT2D eigenvalue weighted by atomic mass is 32.2. The predicted octanol–water partition coefficient (Wildman–Crippen LogP) is 4.60. The van der Waals surface area contributed by atoms with Gasteiger partial charge in [-0.1, -0.05) is 24.8 Å². The van der Waals surface area contributed by atoms with Crippen molar-refractivity contribution < 1.29 is 9.21 Å². The molecule has 0 bridgehead atoms. The largest absolute Gasteiger partial charge is 0.469 e. The molecule has 0 radical (unpaired) electrons. The Morgan fingerprint density at radius 1 is 1.19 bits per heavy atom. The highest BCUT2D eigenvalue weighted by Gasteiger charge is 2.17. The van der Waals surface area contributed by atoms with Gasteiger partial charge >= 0.3 is 0 Å². The van der Waals surface area contributed by atoms with Gasteiger partial charge in [-0.25, -0.2) is 0 Å². The second-order valence-corrected chi connectivity index (χ2v) is 7.43. The minimum atomic E-state index is -0.0599. The van der Waals surface area contributed by atoms with Crippen LogP contribution in [0.1, 0.15) is 30.2 Å². The van der Waals surface area contributed by atoms with Crippen LogP contribution < -0.4 is 5.32 Å². The number of rotatable bonds is 7. The standard InChI is InChI=1S/C20H24N4O2S/c1-5-9-24-19(17-8-10-26-15(17)4)22-23-20(24)27-12-18(25)21-16-7-6-13(2)14(3)11-16/h6-8,10-11H,5,9,12H2,1-4H3,(H,21,25). The van der Waals surface area contributed by atoms with E-state index in [2.05, 4.69) is 29.4 Å². The average Bonchev–Trinajstić information content (AvgIpc) is 3.22. The fraction of sp³-hybridized carbons (Fsp3) is 0.350. The van der Waals surface area contributed by atoms with E-state index in [1.807, 2.05) is 42.7 Å². The summed E-state index contributed by atoms with van der Waals surface area (Å²) in [7, 11) is 0. The van der Waals surface area contributed by atoms with Gasteiger partial charge in [0, 0.05) is 12.2 Å². The van der Waals surface area contributed by atoms with E-state index in [1.165, 1.54) is 17.3 Å². The Kier molecular flexibility index (Phi) is 6.01. The summed E-state index contributed by atoms with van der Waals surface area (Å²) in [5.41, 5.74) is 4.11. The first-order valence-corrected chi connectivity index (χ1v) is 9.95. The van der Waals surface area contributed by atoms with Crippen LogP contribution in [0.5, 0.6) is 0 Å². The van der Waals surface area contributed by atoms with E-state index in [0.29, 0.717) is 0 Å². The minimum absolute atomic E-state index is 0.0599. The van der Waals surface area contributed by atoms with E-state index in [-0.39, 0.29) is 11.7 Å². The second-order valence-electron chi connectivity index (χ2n) is 6.48. The van der Waals surface area contributed by atoms with Crippen molar-refractivity contribution in [3.05, 3.63) is 47.4 Å². The van der Waals surface area contributed by atoms with Crippen LogP contribution in [0.3, 0.4) is 0 Å². The van der Waals surface area contributed by atoms with Crippen LogP contribution in [-0.4, -0.2) is 26.4 Å². The Morgan fingerprint density at radius 3 is 2.67 bits per heavy atom. The number of aryl methyl sites for hydroxylation is 3. The van der Waals surface area contributed by atoms with Crippen LogP contribution in [0, 0.1) is 20.8 Å². The molecule has 27 heavy (non-hydrogen) atoms. The Morgan fingerprint density at radius 2 is 2.00 bits per heavy atom. The minimum Gasteiger partial charge on any atom is -0.469 e. The lowest BCUT2D eigenvalue weighted by atomic mass is 10.1. The summed E-state index contributed by atoms with van der Waals surface area (Å²) in [4.78, 5) is 12.3. The maximum atomic E-state index is 12.3. The van der Waals surface area contributed by atoms with Gasteiger partial charge in [-0.2, -0.15) is 0 Å². The number of nitrogens with one attached hydrogen (secondary N) is 1. The van der Waals surface area contributed by atoms with Crippen molar-refractivity contribution in [1.82, 2.24) is 14.8 Å². The fourth-order valence-electron chi connectivity index (χ4n) is 2.78. The number of hydrogen-bond donors (Lipinski definition) is 1. The summed E-state index contributed by atoms with van der Waals surface area (Å²) >= 11 is 1.39. The highest BCUT2D eigenvalue weighted by molar-refractivity contribution is 7.99. The smallest absolute Gasteiger partial charge is 0.234 e. The van der Waals surface area contributed by atoms with Crippen molar-refractivity contribution in [3.8, 4) is 11.4 Å². The zero-order chi connectivity index (χ0) is 19.4. The summed E-state index contributed by atoms with van der Waals surface area (Å²) in [5.74, 6) is 1.80. The summed E-state index contributed by atoms with van der Waals surface area (Å²) < 4.78 is 7.44. The number of carbonyl (C=O) groups is 1. The quantitative estimate of drug-likeness (QED) is 0.603. The summed E-state index contributed by atoms with van der Waals surface area (Å²) in [6, 6.07) is 7.81. The first kappa shape index (κ1) is 19.2. The number of nitrogens with zero attached hydrogens (tertiary/aromatic N) is 3. The summed E-state index contributed by atoms with van der Waals surface area (Å²) in [6.45, 7) is 8.88. The lowest BCUT2D eigenvalue weighted by molar-refractivity contribution is -0.113. The molecule has 0 atom stereocenters. The van der Waals surface area contributed by atoms with E-state index in [0.717, 1.165) is 46.5 Å². The lowest BCUT2D eigenvalue weighted by Crippen LogP contribution is -2.15. The van der Waals surface area contributed by atoms with Gasteiger partial charge in [0.25, 0.3) is 0 Å². The molecule has 2 aromatic heterocycles. The number of carbonyl (C=O) groups excluding carboxylic acids is 1. The van der Waals surface area contributed by atoms with E-state index in [9.17, 15) is 4.79 Å². The van der Waals surface area contributed by atoms with Crippen molar-refractivity contribution in [3.63, 3.8) is 0 Å². The summed E-state index contributed by atoms with van der Waals surface area (Å²) in [6.07, 6.45) is 2.60. The van der Waals surface area contributed by atoms with Crippen molar-refractivity contribution in [2.75, 3.05) is 11.1 Å². The van der Waals surface area contributed by atoms with Gasteiger partial charge in [0.2, 0.25) is 5.91 Å². The molecule has 3 rings (SSSR count). The van der Waals surface area contributed by atoms with Crippen LogP contribution in [0.4, 0.5) is 5.69 Å². The third-order valence-electron chi connectivity index (χ3n) is 4.39. The van der Waals surface area contributed by atoms with E-state index in [1.54, 1.807) is 6.26 Å². The van der Waals surface area contributed by atoms with Gasteiger partial charge in [0.1, 0.15) is 5.76 Å². The van der Waals surface area contributed by atoms with Crippen LogP contribution >= 0.6 is 11.8 Å². The Bertz CT molecular complexity index is 945. The molecular formula is C20H24N4O2S. The molecule has 0 aliphatic heterocycles. The molecule has 0 fully saturated rings. The fourth-order valence-corrected chi connectivity index (χ4v) is 3.55. The van der Waals surface area contributed by atoms with Gasteiger partial charge < -0.3 is 14.3 Å². The molecular weight excluding hydrogens is 360 g/mol. The van der Waals surface area contributed by atoms with Crippen molar-refractivity contribution >= 4 is 23.4 Å². The van der Waals surface area contributed by atoms with Gasteiger partial charge in [0.15, 0.2) is 11.0 Å². The van der Waals surface area contributed by atoms with E-state index < -0.39 is 0 Å². The van der Waals surface area contributed by atoms with Crippen LogP contribution in [0.15, 0.2) is 40.1 Å². The topological polar surface area (TPSA) is 73.0 Å². The molecule has 2 heterocycles. The first-order valence-electron chi connectivity index (χ1n) is 8.97. The zero-order valence-electron chi connectivity index (χ0n) is 16.1. The second kappa shape index (κ2) is 8.43. The molecule has 7 heteroatoms. The van der Waals surface area contributed by atoms with Crippen molar-refractivity contribution in [2.24, 2.45) is 0 Å². The maximum Gasteiger partial charge on any atom is 0.234 e. The number of amides is 1. The van der Waals surface area contributed by atoms with Gasteiger partial charge in [0.05, 0.1) is 17.6 Å². The lowest BCUT2D eigenvalue weighted by Gasteiger charge is -2.09. The molecule has 142 valence electrons. The van der Waals surface area contributed by atoms with Crippen molar-refractivity contribution in [2.45, 2.75) is 45.8 Å². The predicted molar refractivity (Wildman–Crippen MR) is 108 cm³/mol. The van der Waals surface area contributed by atoms with Crippen LogP contribution in [-0.2, 0) is 11.3 Å². The van der Waals surface area contributed by atoms with Gasteiger partial charge in [-0.05, 0) is 56.5 Å². The van der Waals surface area contributed by atoms with E-state index in [4.69, 9.17) is 4.42 Å². The number of furan rings is 1. The molecule has 3 aromatic rings. The third-order valence-corrected chi connectivity index (χ3v) is 5.35. The molecule has 1 aromatic carbocycles. The first-order chi connectivity index (χ1) is 13.0. The molecule has 0 spiro atoms. The molecule has 1 N–H and O–H groups in total. The molecule has 0 aliphatic carbocycles. The monoisotopic (exact) mass is 384 g/mol. The summed E-state index contributed by atoms with van der Waals surface area (Å²) in [5, 5.41) is 12.3. The molecule has 0 aliphatic rings. The zero-order valence-corrected chi connectivity index (χ0v) is 16.9. The van der Waals surface area contributed by atoms with Crippen molar-refractivity contribution in [1.29, 1.82) is 0 Å². The van der Waals surface area contributed by atoms with E-state index >= 15 is 0 Å². The van der Waals surface area contributed by atoms with Crippen LogP contribution in [0.25, 0.3) is 11.4 Å². The molecule has 0 unspecified atom stereocenters. The van der Waals surface area contributed by atoms with Crippen LogP contribution in [0.2, 0.25) is 0 Å². The number of anilines is 1. The number of thioether (sulfide) groups is 1. The number of aromatic nitrogens is 3. The molecule has 1 amide bonds. The third kappa shape index (κ3) is 4.42.